The Morgan fingerprint density at radius 3 is 2.90 bits per heavy atom. The molecule has 2 aromatic rings. The molecule has 100 valence electrons. The Labute approximate surface area is 117 Å². The lowest BCUT2D eigenvalue weighted by Gasteiger charge is -2.27. The molecule has 0 unspecified atom stereocenters. The summed E-state index contributed by atoms with van der Waals surface area (Å²) in [6, 6.07) is 9.48. The summed E-state index contributed by atoms with van der Waals surface area (Å²) >= 11 is 0. The summed E-state index contributed by atoms with van der Waals surface area (Å²) in [6.45, 7) is 3.60. The van der Waals surface area contributed by atoms with Crippen molar-refractivity contribution in [1.82, 2.24) is 15.3 Å². The van der Waals surface area contributed by atoms with E-state index in [0.717, 1.165) is 24.2 Å². The minimum absolute atomic E-state index is 0.185. The van der Waals surface area contributed by atoms with Crippen LogP contribution in [0.4, 0.5) is 0 Å². The van der Waals surface area contributed by atoms with Gasteiger partial charge in [0.05, 0.1) is 11.6 Å². The third-order valence-corrected chi connectivity index (χ3v) is 3.36. The van der Waals surface area contributed by atoms with Crippen LogP contribution in [0.3, 0.4) is 0 Å². The van der Waals surface area contributed by atoms with Crippen molar-refractivity contribution in [3.05, 3.63) is 41.6 Å². The van der Waals surface area contributed by atoms with Gasteiger partial charge in [-0.3, -0.25) is 0 Å². The standard InChI is InChI=1S/C15H14N4O/c1-10-11(7-16)3-2-4-13(10)15-18-6-5-14(19-15)20-12-8-17-9-12/h2-6,12,17H,8-9H2,1H3. The van der Waals surface area contributed by atoms with Crippen LogP contribution >= 0.6 is 0 Å². The Bertz CT molecular complexity index is 674. The fourth-order valence-electron chi connectivity index (χ4n) is 2.05. The van der Waals surface area contributed by atoms with Crippen molar-refractivity contribution in [3.8, 4) is 23.3 Å². The molecule has 1 aromatic heterocycles. The van der Waals surface area contributed by atoms with Crippen LogP contribution in [0, 0.1) is 18.3 Å². The van der Waals surface area contributed by atoms with Crippen LogP contribution in [0.5, 0.6) is 5.88 Å². The molecule has 1 aliphatic rings. The average Bonchev–Trinajstić information content (AvgIpc) is 2.43. The van der Waals surface area contributed by atoms with E-state index in [9.17, 15) is 0 Å². The SMILES string of the molecule is Cc1c(C#N)cccc1-c1nccc(OC2CNC2)n1. The van der Waals surface area contributed by atoms with Crippen molar-refractivity contribution in [1.29, 1.82) is 5.26 Å². The topological polar surface area (TPSA) is 70.8 Å². The van der Waals surface area contributed by atoms with Crippen molar-refractivity contribution in [2.45, 2.75) is 13.0 Å². The lowest BCUT2D eigenvalue weighted by atomic mass is 10.0. The summed E-state index contributed by atoms with van der Waals surface area (Å²) in [7, 11) is 0. The first kappa shape index (κ1) is 12.6. The number of nitrogens with one attached hydrogen (secondary N) is 1. The smallest absolute Gasteiger partial charge is 0.217 e. The summed E-state index contributed by atoms with van der Waals surface area (Å²) in [5.74, 6) is 1.16. The number of hydrogen-bond donors (Lipinski definition) is 1. The molecular weight excluding hydrogens is 252 g/mol. The van der Waals surface area contributed by atoms with Gasteiger partial charge in [-0.15, -0.1) is 0 Å². The van der Waals surface area contributed by atoms with E-state index in [1.807, 2.05) is 19.1 Å². The van der Waals surface area contributed by atoms with Crippen LogP contribution in [-0.2, 0) is 0 Å². The van der Waals surface area contributed by atoms with Crippen molar-refractivity contribution in [2.75, 3.05) is 13.1 Å². The Morgan fingerprint density at radius 1 is 1.35 bits per heavy atom. The van der Waals surface area contributed by atoms with Gasteiger partial charge in [-0.2, -0.15) is 10.2 Å². The normalized spacial score (nSPS) is 14.4. The molecule has 1 aromatic carbocycles. The van der Waals surface area contributed by atoms with Crippen molar-refractivity contribution >= 4 is 0 Å². The molecule has 0 spiro atoms. The molecule has 20 heavy (non-hydrogen) atoms. The molecule has 1 fully saturated rings. The molecule has 2 heterocycles. The van der Waals surface area contributed by atoms with Gasteiger partial charge < -0.3 is 10.1 Å². The highest BCUT2D eigenvalue weighted by molar-refractivity contribution is 5.64. The molecule has 1 saturated heterocycles. The summed E-state index contributed by atoms with van der Waals surface area (Å²) < 4.78 is 5.73. The van der Waals surface area contributed by atoms with E-state index >= 15 is 0 Å². The van der Waals surface area contributed by atoms with Gasteiger partial charge in [0.1, 0.15) is 6.10 Å². The van der Waals surface area contributed by atoms with E-state index in [1.165, 1.54) is 0 Å². The molecular formula is C15H14N4O. The lowest BCUT2D eigenvalue weighted by Crippen LogP contribution is -2.50. The monoisotopic (exact) mass is 266 g/mol. The average molecular weight is 266 g/mol. The maximum Gasteiger partial charge on any atom is 0.217 e. The third kappa shape index (κ3) is 2.33. The van der Waals surface area contributed by atoms with Crippen LogP contribution < -0.4 is 10.1 Å². The van der Waals surface area contributed by atoms with Gasteiger partial charge in [-0.1, -0.05) is 12.1 Å². The first-order chi connectivity index (χ1) is 9.78. The van der Waals surface area contributed by atoms with Crippen LogP contribution in [-0.4, -0.2) is 29.2 Å². The van der Waals surface area contributed by atoms with Gasteiger partial charge in [0.2, 0.25) is 5.88 Å². The molecule has 0 saturated carbocycles. The zero-order chi connectivity index (χ0) is 13.9. The Balaban J connectivity index is 1.94. The van der Waals surface area contributed by atoms with Crippen LogP contribution in [0.15, 0.2) is 30.5 Å². The van der Waals surface area contributed by atoms with Gasteiger partial charge in [0, 0.05) is 30.9 Å². The summed E-state index contributed by atoms with van der Waals surface area (Å²) in [5, 5.41) is 12.2. The van der Waals surface area contributed by atoms with E-state index in [4.69, 9.17) is 10.00 Å². The number of hydrogen-bond acceptors (Lipinski definition) is 5. The number of rotatable bonds is 3. The largest absolute Gasteiger partial charge is 0.472 e. The minimum atomic E-state index is 0.185. The zero-order valence-electron chi connectivity index (χ0n) is 11.1. The minimum Gasteiger partial charge on any atom is -0.472 e. The van der Waals surface area contributed by atoms with Crippen LogP contribution in [0.25, 0.3) is 11.4 Å². The fraction of sp³-hybridized carbons (Fsp3) is 0.267. The molecule has 5 nitrogen and oxygen atoms in total. The summed E-state index contributed by atoms with van der Waals surface area (Å²) in [6.07, 6.45) is 1.87. The van der Waals surface area contributed by atoms with E-state index < -0.39 is 0 Å². The van der Waals surface area contributed by atoms with Crippen molar-refractivity contribution in [2.24, 2.45) is 0 Å². The van der Waals surface area contributed by atoms with E-state index in [-0.39, 0.29) is 6.10 Å². The Morgan fingerprint density at radius 2 is 2.20 bits per heavy atom. The fourth-order valence-corrected chi connectivity index (χ4v) is 2.05. The van der Waals surface area contributed by atoms with Crippen LogP contribution in [0.2, 0.25) is 0 Å². The number of benzene rings is 1. The molecule has 3 rings (SSSR count). The van der Waals surface area contributed by atoms with Crippen LogP contribution in [0.1, 0.15) is 11.1 Å². The van der Waals surface area contributed by atoms with Crippen molar-refractivity contribution in [3.63, 3.8) is 0 Å². The van der Waals surface area contributed by atoms with Crippen molar-refractivity contribution < 1.29 is 4.74 Å². The number of ether oxygens (including phenoxy) is 1. The second kappa shape index (κ2) is 5.27. The quantitative estimate of drug-likeness (QED) is 0.915. The lowest BCUT2D eigenvalue weighted by molar-refractivity contribution is 0.136. The van der Waals surface area contributed by atoms with E-state index in [2.05, 4.69) is 21.4 Å². The van der Waals surface area contributed by atoms with E-state index in [0.29, 0.717) is 17.3 Å². The molecule has 0 atom stereocenters. The van der Waals surface area contributed by atoms with E-state index in [1.54, 1.807) is 18.3 Å². The van der Waals surface area contributed by atoms with Gasteiger partial charge in [0.25, 0.3) is 0 Å². The second-order valence-corrected chi connectivity index (χ2v) is 4.71. The highest BCUT2D eigenvalue weighted by atomic mass is 16.5. The Hall–Kier alpha value is -2.45. The first-order valence-electron chi connectivity index (χ1n) is 6.48. The molecule has 0 aliphatic carbocycles. The molecule has 1 aliphatic heterocycles. The number of nitrogens with zero attached hydrogens (tertiary/aromatic N) is 3. The zero-order valence-corrected chi connectivity index (χ0v) is 11.1. The predicted molar refractivity (Wildman–Crippen MR) is 74.2 cm³/mol. The molecule has 1 N–H and O–H groups in total. The molecule has 0 bridgehead atoms. The predicted octanol–water partition coefficient (Wildman–Crippen LogP) is 1.67. The van der Waals surface area contributed by atoms with Gasteiger partial charge in [-0.25, -0.2) is 4.98 Å². The molecule has 5 heteroatoms. The van der Waals surface area contributed by atoms with Gasteiger partial charge >= 0.3 is 0 Å². The highest BCUT2D eigenvalue weighted by Gasteiger charge is 2.19. The summed E-state index contributed by atoms with van der Waals surface area (Å²) in [5.41, 5.74) is 2.39. The third-order valence-electron chi connectivity index (χ3n) is 3.36. The first-order valence-corrected chi connectivity index (χ1v) is 6.48. The maximum absolute atomic E-state index is 9.08. The van der Waals surface area contributed by atoms with Gasteiger partial charge in [0.15, 0.2) is 5.82 Å². The Kier molecular flexibility index (Phi) is 3.32. The highest BCUT2D eigenvalue weighted by Crippen LogP contribution is 2.24. The summed E-state index contributed by atoms with van der Waals surface area (Å²) in [4.78, 5) is 8.71. The number of nitriles is 1. The molecule has 0 radical (unpaired) electrons. The number of aromatic nitrogens is 2. The maximum atomic E-state index is 9.08. The second-order valence-electron chi connectivity index (χ2n) is 4.71. The molecule has 0 amide bonds. The van der Waals surface area contributed by atoms with Gasteiger partial charge in [-0.05, 0) is 18.6 Å².